The fourth-order valence-corrected chi connectivity index (χ4v) is 4.05. The molecule has 0 radical (unpaired) electrons. The number of fused-ring (bicyclic) bond motifs is 2. The summed E-state index contributed by atoms with van der Waals surface area (Å²) < 4.78 is 1.10. The largest absolute Gasteiger partial charge is 0.334 e. The smallest absolute Gasteiger partial charge is 0.296 e. The quantitative estimate of drug-likeness (QED) is 0.515. The van der Waals surface area contributed by atoms with Crippen molar-refractivity contribution in [3.8, 4) is 16.3 Å². The highest BCUT2D eigenvalue weighted by atomic mass is 32.1. The van der Waals surface area contributed by atoms with Crippen molar-refractivity contribution in [1.29, 1.82) is 0 Å². The second-order valence-electron chi connectivity index (χ2n) is 6.01. The highest BCUT2D eigenvalue weighted by molar-refractivity contribution is 7.21. The van der Waals surface area contributed by atoms with Gasteiger partial charge in [0.1, 0.15) is 9.84 Å². The van der Waals surface area contributed by atoms with Crippen LogP contribution in [0.5, 0.6) is 0 Å². The Bertz CT molecular complexity index is 1410. The fourth-order valence-electron chi connectivity index (χ4n) is 3.10. The van der Waals surface area contributed by atoms with Gasteiger partial charge in [-0.15, -0.1) is 0 Å². The molecule has 0 saturated carbocycles. The molecule has 7 heteroatoms. The summed E-state index contributed by atoms with van der Waals surface area (Å²) in [5.41, 5.74) is 0.624. The molecule has 0 fully saturated rings. The molecule has 5 rings (SSSR count). The third-order valence-electron chi connectivity index (χ3n) is 4.37. The van der Waals surface area contributed by atoms with Gasteiger partial charge in [-0.25, -0.2) is 14.3 Å². The molecule has 0 atom stereocenters. The van der Waals surface area contributed by atoms with Crippen LogP contribution < -0.4 is 11.2 Å². The van der Waals surface area contributed by atoms with Gasteiger partial charge in [0, 0.05) is 22.5 Å². The summed E-state index contributed by atoms with van der Waals surface area (Å²) in [5.74, 6) is 0. The monoisotopic (exact) mass is 372 g/mol. The maximum atomic E-state index is 13.1. The van der Waals surface area contributed by atoms with Crippen LogP contribution >= 0.6 is 11.3 Å². The molecular formula is C20H12N4O2S. The van der Waals surface area contributed by atoms with E-state index >= 15 is 0 Å². The van der Waals surface area contributed by atoms with Gasteiger partial charge in [-0.05, 0) is 0 Å². The van der Waals surface area contributed by atoms with Gasteiger partial charge in [-0.2, -0.15) is 0 Å². The van der Waals surface area contributed by atoms with E-state index in [0.29, 0.717) is 15.5 Å². The van der Waals surface area contributed by atoms with Gasteiger partial charge in [0.05, 0.1) is 11.9 Å². The third kappa shape index (κ3) is 2.48. The molecule has 6 nitrogen and oxygen atoms in total. The lowest BCUT2D eigenvalue weighted by Gasteiger charge is -2.07. The highest BCUT2D eigenvalue weighted by Gasteiger charge is 2.16. The minimum absolute atomic E-state index is 0.242. The zero-order valence-corrected chi connectivity index (χ0v) is 14.7. The average Bonchev–Trinajstić information content (AvgIpc) is 3.13. The predicted molar refractivity (Wildman–Crippen MR) is 107 cm³/mol. The number of aromatic nitrogens is 4. The van der Waals surface area contributed by atoms with Gasteiger partial charge >= 0.3 is 5.69 Å². The number of pyridine rings is 1. The van der Waals surface area contributed by atoms with E-state index in [-0.39, 0.29) is 5.52 Å². The number of aromatic amines is 1. The summed E-state index contributed by atoms with van der Waals surface area (Å²) in [6, 6.07) is 17.1. The molecule has 0 spiro atoms. The maximum absolute atomic E-state index is 13.1. The van der Waals surface area contributed by atoms with Gasteiger partial charge in [-0.1, -0.05) is 65.9 Å². The Labute approximate surface area is 156 Å². The van der Waals surface area contributed by atoms with Crippen molar-refractivity contribution >= 4 is 32.5 Å². The Hall–Kier alpha value is -3.58. The van der Waals surface area contributed by atoms with Gasteiger partial charge in [0.15, 0.2) is 5.52 Å². The molecule has 0 bridgehead atoms. The summed E-state index contributed by atoms with van der Waals surface area (Å²) in [4.78, 5) is 37.7. The molecule has 0 aliphatic carbocycles. The molecule has 2 aromatic carbocycles. The van der Waals surface area contributed by atoms with Crippen LogP contribution in [0, 0.1) is 0 Å². The van der Waals surface area contributed by atoms with E-state index in [1.807, 2.05) is 54.6 Å². The van der Waals surface area contributed by atoms with Crippen molar-refractivity contribution in [1.82, 2.24) is 19.5 Å². The zero-order valence-electron chi connectivity index (χ0n) is 13.9. The highest BCUT2D eigenvalue weighted by Crippen LogP contribution is 2.27. The predicted octanol–water partition coefficient (Wildman–Crippen LogP) is 3.35. The van der Waals surface area contributed by atoms with Gasteiger partial charge in [-0.3, -0.25) is 14.8 Å². The molecule has 0 aliphatic rings. The van der Waals surface area contributed by atoms with E-state index in [1.165, 1.54) is 17.5 Å². The Morgan fingerprint density at radius 1 is 0.926 bits per heavy atom. The summed E-state index contributed by atoms with van der Waals surface area (Å²) in [5, 5.41) is 2.31. The number of H-pyrrole nitrogens is 1. The molecule has 0 unspecified atom stereocenters. The molecule has 130 valence electrons. The van der Waals surface area contributed by atoms with E-state index in [2.05, 4.69) is 15.0 Å². The SMILES string of the molecule is O=c1[nH]c2sc(-c3ccccc3)nc2c(=O)n1-c1cncc2ccccc12. The summed E-state index contributed by atoms with van der Waals surface area (Å²) >= 11 is 1.29. The number of hydrogen-bond acceptors (Lipinski definition) is 5. The maximum Gasteiger partial charge on any atom is 0.334 e. The first-order valence-corrected chi connectivity index (χ1v) is 9.08. The van der Waals surface area contributed by atoms with Crippen LogP contribution in [0.1, 0.15) is 0 Å². The normalized spacial score (nSPS) is 11.3. The number of nitrogens with zero attached hydrogens (tertiary/aromatic N) is 3. The Kier molecular flexibility index (Phi) is 3.48. The molecule has 5 aromatic rings. The van der Waals surface area contributed by atoms with Crippen LogP contribution in [0.3, 0.4) is 0 Å². The first-order chi connectivity index (χ1) is 13.2. The van der Waals surface area contributed by atoms with Crippen LogP contribution in [0.15, 0.2) is 76.6 Å². The van der Waals surface area contributed by atoms with Crippen molar-refractivity contribution in [2.75, 3.05) is 0 Å². The summed E-state index contributed by atoms with van der Waals surface area (Å²) in [7, 11) is 0. The first kappa shape index (κ1) is 15.7. The molecular weight excluding hydrogens is 360 g/mol. The fraction of sp³-hybridized carbons (Fsp3) is 0. The average molecular weight is 372 g/mol. The molecule has 27 heavy (non-hydrogen) atoms. The number of rotatable bonds is 2. The van der Waals surface area contributed by atoms with Crippen molar-refractivity contribution in [3.63, 3.8) is 0 Å². The van der Waals surface area contributed by atoms with Gasteiger partial charge < -0.3 is 0 Å². The minimum Gasteiger partial charge on any atom is -0.296 e. The van der Waals surface area contributed by atoms with Crippen molar-refractivity contribution < 1.29 is 0 Å². The molecule has 3 aromatic heterocycles. The summed E-state index contributed by atoms with van der Waals surface area (Å²) in [6.07, 6.45) is 3.22. The lowest BCUT2D eigenvalue weighted by Crippen LogP contribution is -2.33. The topological polar surface area (TPSA) is 80.6 Å². The van der Waals surface area contributed by atoms with E-state index in [1.54, 1.807) is 6.20 Å². The zero-order chi connectivity index (χ0) is 18.4. The van der Waals surface area contributed by atoms with E-state index in [9.17, 15) is 9.59 Å². The van der Waals surface area contributed by atoms with Gasteiger partial charge in [0.25, 0.3) is 5.56 Å². The molecule has 0 aliphatic heterocycles. The van der Waals surface area contributed by atoms with Crippen LogP contribution in [0.25, 0.3) is 37.4 Å². The van der Waals surface area contributed by atoms with E-state index in [4.69, 9.17) is 0 Å². The lowest BCUT2D eigenvalue weighted by molar-refractivity contribution is 0.901. The molecule has 1 N–H and O–H groups in total. The van der Waals surface area contributed by atoms with E-state index < -0.39 is 11.2 Å². The van der Waals surface area contributed by atoms with Crippen molar-refractivity contribution in [2.24, 2.45) is 0 Å². The molecule has 3 heterocycles. The van der Waals surface area contributed by atoms with Crippen molar-refractivity contribution in [3.05, 3.63) is 87.8 Å². The first-order valence-electron chi connectivity index (χ1n) is 8.27. The Morgan fingerprint density at radius 3 is 2.56 bits per heavy atom. The second kappa shape index (κ2) is 6.00. The Morgan fingerprint density at radius 2 is 1.70 bits per heavy atom. The van der Waals surface area contributed by atoms with Crippen LogP contribution in [0.4, 0.5) is 0 Å². The Balaban J connectivity index is 1.81. The minimum atomic E-state index is -0.506. The van der Waals surface area contributed by atoms with E-state index in [0.717, 1.165) is 20.9 Å². The number of nitrogens with one attached hydrogen (secondary N) is 1. The third-order valence-corrected chi connectivity index (χ3v) is 5.39. The summed E-state index contributed by atoms with van der Waals surface area (Å²) in [6.45, 7) is 0. The van der Waals surface area contributed by atoms with Gasteiger partial charge in [0.2, 0.25) is 0 Å². The molecule has 0 amide bonds. The van der Waals surface area contributed by atoms with Crippen LogP contribution in [0.2, 0.25) is 0 Å². The number of benzene rings is 2. The molecule has 0 saturated heterocycles. The van der Waals surface area contributed by atoms with Crippen molar-refractivity contribution in [2.45, 2.75) is 0 Å². The van der Waals surface area contributed by atoms with Crippen LogP contribution in [-0.2, 0) is 0 Å². The lowest BCUT2D eigenvalue weighted by atomic mass is 10.1. The second-order valence-corrected chi connectivity index (χ2v) is 7.01. The van der Waals surface area contributed by atoms with Crippen LogP contribution in [-0.4, -0.2) is 19.5 Å². The number of thiazole rings is 1. The number of hydrogen-bond donors (Lipinski definition) is 1. The standard InChI is InChI=1S/C20H12N4O2S/c25-19-16-18(27-17(22-16)12-6-2-1-3-7-12)23-20(26)24(19)15-11-21-10-13-8-4-5-9-14(13)15/h1-11H,(H,23,26).